The number of hydrogen-bond acceptors (Lipinski definition) is 1. The van der Waals surface area contributed by atoms with Crippen LogP contribution in [0.1, 0.15) is 42.3 Å². The number of aromatic nitrogens is 1. The number of rotatable bonds is 3. The summed E-state index contributed by atoms with van der Waals surface area (Å²) in [4.78, 5) is 12.2. The molecule has 0 unspecified atom stereocenters. The monoisotopic (exact) mass is 268 g/mol. The zero-order valence-electron chi connectivity index (χ0n) is 12.7. The minimum atomic E-state index is 0.138. The van der Waals surface area contributed by atoms with E-state index in [0.717, 1.165) is 5.56 Å². The molecule has 0 N–H and O–H groups in total. The van der Waals surface area contributed by atoms with E-state index in [-0.39, 0.29) is 11.2 Å². The van der Waals surface area contributed by atoms with Gasteiger partial charge in [-0.1, -0.05) is 50.6 Å². The summed E-state index contributed by atoms with van der Waals surface area (Å²) in [5.74, 6) is 0.138. The summed E-state index contributed by atoms with van der Waals surface area (Å²) in [5.41, 5.74) is 3.35. The third kappa shape index (κ3) is 3.53. The molecule has 0 fully saturated rings. The lowest BCUT2D eigenvalue weighted by molar-refractivity contribution is -0.683. The third-order valence-electron chi connectivity index (χ3n) is 3.46. The van der Waals surface area contributed by atoms with Crippen LogP contribution in [0.4, 0.5) is 0 Å². The van der Waals surface area contributed by atoms with Crippen molar-refractivity contribution in [2.75, 3.05) is 0 Å². The fourth-order valence-electron chi connectivity index (χ4n) is 2.06. The molecular weight excluding hydrogens is 246 g/mol. The molecule has 2 heteroatoms. The number of aryl methyl sites for hydroxylation is 1. The van der Waals surface area contributed by atoms with E-state index in [1.54, 1.807) is 0 Å². The topological polar surface area (TPSA) is 20.9 Å². The quantitative estimate of drug-likeness (QED) is 0.617. The van der Waals surface area contributed by atoms with Crippen LogP contribution in [0.25, 0.3) is 0 Å². The van der Waals surface area contributed by atoms with Gasteiger partial charge in [-0.3, -0.25) is 4.79 Å². The first-order valence-electron chi connectivity index (χ1n) is 6.96. The Balaban J connectivity index is 2.10. The fraction of sp³-hybridized carbons (Fsp3) is 0.333. The van der Waals surface area contributed by atoms with Gasteiger partial charge in [-0.15, -0.1) is 0 Å². The molecule has 0 aliphatic carbocycles. The molecule has 104 valence electrons. The molecule has 0 saturated heterocycles. The van der Waals surface area contributed by atoms with E-state index in [0.29, 0.717) is 6.54 Å². The summed E-state index contributed by atoms with van der Waals surface area (Å²) in [6.07, 6.45) is 3.96. The molecule has 1 aromatic heterocycles. The number of Topliss-reactive ketones (excluding diaryl/α,β-unsaturated/α-hetero) is 1. The molecule has 20 heavy (non-hydrogen) atoms. The van der Waals surface area contributed by atoms with Crippen LogP contribution in [0.2, 0.25) is 0 Å². The number of nitrogens with zero attached hydrogens (tertiary/aromatic N) is 1. The largest absolute Gasteiger partial charge is 0.287 e. The Hall–Kier alpha value is -1.96. The van der Waals surface area contributed by atoms with Crippen molar-refractivity contribution in [1.82, 2.24) is 0 Å². The molecule has 0 aliphatic rings. The Labute approximate surface area is 121 Å². The molecule has 0 amide bonds. The summed E-state index contributed by atoms with van der Waals surface area (Å²) in [6.45, 7) is 8.96. The normalized spacial score (nSPS) is 11.4. The molecular formula is C18H22NO+. The number of hydrogen-bond donors (Lipinski definition) is 0. The lowest BCUT2D eigenvalue weighted by Gasteiger charge is -2.17. The number of carbonyl (C=O) groups excluding carboxylic acids is 1. The van der Waals surface area contributed by atoms with E-state index in [2.05, 4.69) is 32.9 Å². The average molecular weight is 268 g/mol. The van der Waals surface area contributed by atoms with Crippen molar-refractivity contribution in [3.05, 3.63) is 65.5 Å². The number of pyridine rings is 1. The first kappa shape index (κ1) is 14.4. The second-order valence-corrected chi connectivity index (χ2v) is 6.30. The highest BCUT2D eigenvalue weighted by atomic mass is 16.1. The van der Waals surface area contributed by atoms with Gasteiger partial charge in [0.1, 0.15) is 0 Å². The smallest absolute Gasteiger partial charge is 0.227 e. The maximum absolute atomic E-state index is 12.2. The van der Waals surface area contributed by atoms with Gasteiger partial charge < -0.3 is 0 Å². The van der Waals surface area contributed by atoms with Gasteiger partial charge in [0.2, 0.25) is 12.3 Å². The van der Waals surface area contributed by atoms with Crippen LogP contribution in [-0.4, -0.2) is 5.78 Å². The Morgan fingerprint density at radius 2 is 1.55 bits per heavy atom. The summed E-state index contributed by atoms with van der Waals surface area (Å²) in [5, 5.41) is 0. The Morgan fingerprint density at radius 3 is 2.05 bits per heavy atom. The maximum atomic E-state index is 12.2. The first-order chi connectivity index (χ1) is 9.36. The Bertz CT molecular complexity index is 589. The van der Waals surface area contributed by atoms with Gasteiger partial charge in [0.25, 0.3) is 0 Å². The van der Waals surface area contributed by atoms with E-state index in [4.69, 9.17) is 0 Å². The molecule has 0 bridgehead atoms. The zero-order valence-corrected chi connectivity index (χ0v) is 12.7. The molecule has 0 radical (unpaired) electrons. The van der Waals surface area contributed by atoms with E-state index >= 15 is 0 Å². The number of ketones is 1. The highest BCUT2D eigenvalue weighted by molar-refractivity contribution is 5.95. The molecule has 1 aromatic carbocycles. The molecule has 2 nitrogen and oxygen atoms in total. The van der Waals surface area contributed by atoms with Gasteiger partial charge in [0.05, 0.1) is 0 Å². The molecule has 0 spiro atoms. The van der Waals surface area contributed by atoms with Crippen LogP contribution in [0.15, 0.2) is 48.8 Å². The standard InChI is InChI=1S/C18H22NO/c1-14-5-7-15(8-6-14)17(20)13-19-11-9-16(10-12-19)18(2,3)4/h5-12H,13H2,1-4H3/q+1. The summed E-state index contributed by atoms with van der Waals surface area (Å²) in [7, 11) is 0. The summed E-state index contributed by atoms with van der Waals surface area (Å²) < 4.78 is 1.93. The Kier molecular flexibility index (Phi) is 4.03. The molecule has 0 atom stereocenters. The van der Waals surface area contributed by atoms with Gasteiger partial charge in [0.15, 0.2) is 12.4 Å². The molecule has 1 heterocycles. The van der Waals surface area contributed by atoms with Crippen LogP contribution in [0, 0.1) is 6.92 Å². The van der Waals surface area contributed by atoms with Gasteiger partial charge in [-0.2, -0.15) is 4.57 Å². The van der Waals surface area contributed by atoms with Crippen LogP contribution in [0.3, 0.4) is 0 Å². The molecule has 2 rings (SSSR count). The molecule has 0 saturated carbocycles. The number of benzene rings is 1. The summed E-state index contributed by atoms with van der Waals surface area (Å²) >= 11 is 0. The van der Waals surface area contributed by atoms with E-state index in [1.807, 2.05) is 48.1 Å². The van der Waals surface area contributed by atoms with Crippen LogP contribution < -0.4 is 4.57 Å². The van der Waals surface area contributed by atoms with Crippen LogP contribution in [0.5, 0.6) is 0 Å². The van der Waals surface area contributed by atoms with Crippen molar-refractivity contribution < 1.29 is 9.36 Å². The average Bonchev–Trinajstić information content (AvgIpc) is 2.39. The summed E-state index contributed by atoms with van der Waals surface area (Å²) in [6, 6.07) is 11.9. The van der Waals surface area contributed by atoms with Gasteiger partial charge in [-0.05, 0) is 17.9 Å². The van der Waals surface area contributed by atoms with Crippen molar-refractivity contribution in [3.8, 4) is 0 Å². The van der Waals surface area contributed by atoms with Crippen molar-refractivity contribution >= 4 is 5.78 Å². The molecule has 0 aliphatic heterocycles. The van der Waals surface area contributed by atoms with Crippen molar-refractivity contribution in [2.45, 2.75) is 39.7 Å². The third-order valence-corrected chi connectivity index (χ3v) is 3.46. The van der Waals surface area contributed by atoms with Gasteiger partial charge in [0, 0.05) is 17.7 Å². The van der Waals surface area contributed by atoms with Crippen molar-refractivity contribution in [3.63, 3.8) is 0 Å². The van der Waals surface area contributed by atoms with Gasteiger partial charge in [-0.25, -0.2) is 0 Å². The lowest BCUT2D eigenvalue weighted by atomic mass is 9.88. The first-order valence-corrected chi connectivity index (χ1v) is 6.96. The Morgan fingerprint density at radius 1 is 1.00 bits per heavy atom. The van der Waals surface area contributed by atoms with E-state index in [1.165, 1.54) is 11.1 Å². The second-order valence-electron chi connectivity index (χ2n) is 6.30. The SMILES string of the molecule is Cc1ccc(C(=O)C[n+]2ccc(C(C)(C)C)cc2)cc1. The molecule has 2 aromatic rings. The predicted molar refractivity (Wildman–Crippen MR) is 80.8 cm³/mol. The van der Waals surface area contributed by atoms with Crippen molar-refractivity contribution in [1.29, 1.82) is 0 Å². The van der Waals surface area contributed by atoms with E-state index < -0.39 is 0 Å². The maximum Gasteiger partial charge on any atom is 0.227 e. The predicted octanol–water partition coefficient (Wildman–Crippen LogP) is 3.46. The van der Waals surface area contributed by atoms with Crippen molar-refractivity contribution in [2.24, 2.45) is 0 Å². The minimum Gasteiger partial charge on any atom is -0.287 e. The minimum absolute atomic E-state index is 0.138. The fourth-order valence-corrected chi connectivity index (χ4v) is 2.06. The van der Waals surface area contributed by atoms with E-state index in [9.17, 15) is 4.79 Å². The number of carbonyl (C=O) groups is 1. The van der Waals surface area contributed by atoms with Crippen LogP contribution >= 0.6 is 0 Å². The highest BCUT2D eigenvalue weighted by Crippen LogP contribution is 2.20. The highest BCUT2D eigenvalue weighted by Gasteiger charge is 2.16. The second kappa shape index (κ2) is 5.58. The van der Waals surface area contributed by atoms with Gasteiger partial charge >= 0.3 is 0 Å². The van der Waals surface area contributed by atoms with Crippen LogP contribution in [-0.2, 0) is 12.0 Å². The lowest BCUT2D eigenvalue weighted by Crippen LogP contribution is -2.37. The zero-order chi connectivity index (χ0) is 14.8.